The molecule has 72 valence electrons. The Kier molecular flexibility index (Phi) is 5.55. The molecule has 0 aromatic rings. The van der Waals surface area contributed by atoms with Crippen molar-refractivity contribution in [1.29, 1.82) is 0 Å². The maximum absolute atomic E-state index is 11.1. The Morgan fingerprint density at radius 1 is 1.33 bits per heavy atom. The van der Waals surface area contributed by atoms with E-state index in [1.807, 2.05) is 6.92 Å². The number of halogens is 1. The standard InChI is InChI=1S/C9H18BrNO/c1-6(2)7(3)5-11-9(12)8(4)10/h6-8H,5H2,1-4H3,(H,11,12). The van der Waals surface area contributed by atoms with Crippen molar-refractivity contribution < 1.29 is 4.79 Å². The van der Waals surface area contributed by atoms with Gasteiger partial charge in [0.1, 0.15) is 0 Å². The summed E-state index contributed by atoms with van der Waals surface area (Å²) in [5, 5.41) is 2.88. The fourth-order valence-electron chi connectivity index (χ4n) is 0.638. The van der Waals surface area contributed by atoms with Gasteiger partial charge in [0.05, 0.1) is 4.83 Å². The van der Waals surface area contributed by atoms with Crippen LogP contribution in [0.5, 0.6) is 0 Å². The maximum Gasteiger partial charge on any atom is 0.233 e. The third kappa shape index (κ3) is 4.75. The van der Waals surface area contributed by atoms with Crippen molar-refractivity contribution >= 4 is 21.8 Å². The number of carbonyl (C=O) groups excluding carboxylic acids is 1. The van der Waals surface area contributed by atoms with Crippen LogP contribution in [0.1, 0.15) is 27.7 Å². The predicted molar refractivity (Wildman–Crippen MR) is 55.4 cm³/mol. The van der Waals surface area contributed by atoms with E-state index in [2.05, 4.69) is 42.0 Å². The van der Waals surface area contributed by atoms with Crippen molar-refractivity contribution in [2.24, 2.45) is 11.8 Å². The quantitative estimate of drug-likeness (QED) is 0.745. The van der Waals surface area contributed by atoms with Crippen LogP contribution in [0.2, 0.25) is 0 Å². The topological polar surface area (TPSA) is 29.1 Å². The molecule has 2 nitrogen and oxygen atoms in total. The summed E-state index contributed by atoms with van der Waals surface area (Å²) in [5.74, 6) is 1.23. The summed E-state index contributed by atoms with van der Waals surface area (Å²) in [6.07, 6.45) is 0. The first-order chi connectivity index (χ1) is 5.45. The molecular formula is C9H18BrNO. The molecule has 3 heteroatoms. The number of alkyl halides is 1. The third-order valence-electron chi connectivity index (χ3n) is 2.10. The van der Waals surface area contributed by atoms with Crippen molar-refractivity contribution in [3.8, 4) is 0 Å². The molecule has 0 aromatic heterocycles. The Morgan fingerprint density at radius 3 is 2.17 bits per heavy atom. The van der Waals surface area contributed by atoms with Crippen molar-refractivity contribution in [2.45, 2.75) is 32.5 Å². The molecule has 0 aliphatic heterocycles. The second kappa shape index (κ2) is 5.57. The number of rotatable bonds is 4. The van der Waals surface area contributed by atoms with Gasteiger partial charge in [-0.2, -0.15) is 0 Å². The van der Waals surface area contributed by atoms with E-state index in [4.69, 9.17) is 0 Å². The Hall–Kier alpha value is -0.0500. The molecular weight excluding hydrogens is 218 g/mol. The molecule has 12 heavy (non-hydrogen) atoms. The lowest BCUT2D eigenvalue weighted by Crippen LogP contribution is -2.34. The number of carbonyl (C=O) groups is 1. The number of amides is 1. The van der Waals surface area contributed by atoms with Gasteiger partial charge in [0, 0.05) is 6.54 Å². The molecule has 0 bridgehead atoms. The first-order valence-corrected chi connectivity index (χ1v) is 5.28. The van der Waals surface area contributed by atoms with Crippen LogP contribution >= 0.6 is 15.9 Å². The third-order valence-corrected chi connectivity index (χ3v) is 2.51. The van der Waals surface area contributed by atoms with Crippen LogP contribution in [0, 0.1) is 11.8 Å². The highest BCUT2D eigenvalue weighted by Gasteiger charge is 2.11. The van der Waals surface area contributed by atoms with Crippen LogP contribution < -0.4 is 5.32 Å². The van der Waals surface area contributed by atoms with Crippen LogP contribution in [0.3, 0.4) is 0 Å². The maximum atomic E-state index is 11.1. The highest BCUT2D eigenvalue weighted by atomic mass is 79.9. The van der Waals surface area contributed by atoms with Gasteiger partial charge in [-0.1, -0.05) is 36.7 Å². The van der Waals surface area contributed by atoms with E-state index in [1.165, 1.54) is 0 Å². The first kappa shape index (κ1) is 11.9. The highest BCUT2D eigenvalue weighted by molar-refractivity contribution is 9.10. The minimum absolute atomic E-state index is 0.0718. The second-order valence-electron chi connectivity index (χ2n) is 3.58. The molecule has 0 spiro atoms. The van der Waals surface area contributed by atoms with Gasteiger partial charge in [0.25, 0.3) is 0 Å². The zero-order valence-electron chi connectivity index (χ0n) is 8.23. The smallest absolute Gasteiger partial charge is 0.233 e. The summed E-state index contributed by atoms with van der Waals surface area (Å²) in [4.78, 5) is 11.0. The number of nitrogens with one attached hydrogen (secondary N) is 1. The van der Waals surface area contributed by atoms with Crippen molar-refractivity contribution in [3.63, 3.8) is 0 Å². The SMILES string of the molecule is CC(Br)C(=O)NCC(C)C(C)C. The summed E-state index contributed by atoms with van der Waals surface area (Å²) in [7, 11) is 0. The Bertz CT molecular complexity index is 145. The molecule has 0 aliphatic carbocycles. The minimum Gasteiger partial charge on any atom is -0.355 e. The van der Waals surface area contributed by atoms with E-state index in [-0.39, 0.29) is 10.7 Å². The normalized spacial score (nSPS) is 15.8. The van der Waals surface area contributed by atoms with Crippen LogP contribution in [-0.4, -0.2) is 17.3 Å². The molecule has 1 amide bonds. The molecule has 0 rings (SSSR count). The molecule has 0 saturated heterocycles. The average Bonchev–Trinajstić information content (AvgIpc) is 1.98. The molecule has 0 aliphatic rings. The van der Waals surface area contributed by atoms with Crippen LogP contribution in [0.25, 0.3) is 0 Å². The van der Waals surface area contributed by atoms with Gasteiger partial charge in [-0.15, -0.1) is 0 Å². The van der Waals surface area contributed by atoms with Gasteiger partial charge in [-0.3, -0.25) is 4.79 Å². The fraction of sp³-hybridized carbons (Fsp3) is 0.889. The minimum atomic E-state index is -0.0862. The lowest BCUT2D eigenvalue weighted by Gasteiger charge is -2.16. The van der Waals surface area contributed by atoms with Gasteiger partial charge in [-0.25, -0.2) is 0 Å². The highest BCUT2D eigenvalue weighted by Crippen LogP contribution is 2.08. The van der Waals surface area contributed by atoms with Gasteiger partial charge in [-0.05, 0) is 18.8 Å². The average molecular weight is 236 g/mol. The van der Waals surface area contributed by atoms with Gasteiger partial charge < -0.3 is 5.32 Å². The number of hydrogen-bond acceptors (Lipinski definition) is 1. The molecule has 2 unspecified atom stereocenters. The summed E-state index contributed by atoms with van der Waals surface area (Å²) in [6.45, 7) is 9.06. The monoisotopic (exact) mass is 235 g/mol. The van der Waals surface area contributed by atoms with E-state index in [1.54, 1.807) is 0 Å². The van der Waals surface area contributed by atoms with Crippen molar-refractivity contribution in [2.75, 3.05) is 6.54 Å². The summed E-state index contributed by atoms with van der Waals surface area (Å²) >= 11 is 3.21. The molecule has 0 fully saturated rings. The predicted octanol–water partition coefficient (Wildman–Crippen LogP) is 2.18. The summed E-state index contributed by atoms with van der Waals surface area (Å²) in [5.41, 5.74) is 0. The zero-order valence-corrected chi connectivity index (χ0v) is 9.81. The molecule has 2 atom stereocenters. The summed E-state index contributed by atoms with van der Waals surface area (Å²) in [6, 6.07) is 0. The molecule has 0 aromatic carbocycles. The molecule has 1 N–H and O–H groups in total. The largest absolute Gasteiger partial charge is 0.355 e. The molecule has 0 saturated carbocycles. The Labute approximate surface area is 83.2 Å². The summed E-state index contributed by atoms with van der Waals surface area (Å²) < 4.78 is 0. The lowest BCUT2D eigenvalue weighted by atomic mass is 9.98. The van der Waals surface area contributed by atoms with Crippen LogP contribution in [0.15, 0.2) is 0 Å². The Balaban J connectivity index is 3.61. The van der Waals surface area contributed by atoms with E-state index in [0.717, 1.165) is 6.54 Å². The number of hydrogen-bond donors (Lipinski definition) is 1. The Morgan fingerprint density at radius 2 is 1.83 bits per heavy atom. The van der Waals surface area contributed by atoms with Crippen molar-refractivity contribution in [1.82, 2.24) is 5.32 Å². The van der Waals surface area contributed by atoms with Crippen LogP contribution in [-0.2, 0) is 4.79 Å². The first-order valence-electron chi connectivity index (χ1n) is 4.37. The van der Waals surface area contributed by atoms with E-state index in [0.29, 0.717) is 11.8 Å². The van der Waals surface area contributed by atoms with Crippen LogP contribution in [0.4, 0.5) is 0 Å². The van der Waals surface area contributed by atoms with E-state index < -0.39 is 0 Å². The van der Waals surface area contributed by atoms with Gasteiger partial charge in [0.15, 0.2) is 0 Å². The van der Waals surface area contributed by atoms with Crippen molar-refractivity contribution in [3.05, 3.63) is 0 Å². The van der Waals surface area contributed by atoms with Gasteiger partial charge >= 0.3 is 0 Å². The van der Waals surface area contributed by atoms with E-state index in [9.17, 15) is 4.79 Å². The van der Waals surface area contributed by atoms with Gasteiger partial charge in [0.2, 0.25) is 5.91 Å². The molecule has 0 heterocycles. The zero-order chi connectivity index (χ0) is 9.72. The second-order valence-corrected chi connectivity index (χ2v) is 4.96. The fourth-order valence-corrected chi connectivity index (χ4v) is 0.800. The van der Waals surface area contributed by atoms with E-state index >= 15 is 0 Å². The molecule has 0 radical (unpaired) electrons. The lowest BCUT2D eigenvalue weighted by molar-refractivity contribution is -0.120.